The molecule has 4 N–H and O–H groups in total. The van der Waals surface area contributed by atoms with Crippen LogP contribution in [-0.4, -0.2) is 29.1 Å². The molecule has 0 spiro atoms. The summed E-state index contributed by atoms with van der Waals surface area (Å²) in [7, 11) is 0. The molecule has 0 fully saturated rings. The molecule has 1 aromatic rings. The van der Waals surface area contributed by atoms with Crippen LogP contribution in [0.1, 0.15) is 39.2 Å². The van der Waals surface area contributed by atoms with Crippen LogP contribution in [0.4, 0.5) is 0 Å². The van der Waals surface area contributed by atoms with Gasteiger partial charge in [0.05, 0.1) is 11.3 Å². The average Bonchev–Trinajstić information content (AvgIpc) is 2.38. The van der Waals surface area contributed by atoms with Gasteiger partial charge in [-0.2, -0.15) is 0 Å². The SMILES string of the molecule is CC(C)(N)C(C)(C)C(=O)NCC(C(=O)O)c1ccccc1. The minimum Gasteiger partial charge on any atom is -0.481 e. The third-order valence-corrected chi connectivity index (χ3v) is 4.15. The minimum atomic E-state index is -0.966. The zero-order chi connectivity index (χ0) is 16.3. The Kier molecular flexibility index (Phi) is 5.12. The van der Waals surface area contributed by atoms with Crippen molar-refractivity contribution >= 4 is 11.9 Å². The Labute approximate surface area is 125 Å². The molecule has 5 nitrogen and oxygen atoms in total. The predicted molar refractivity (Wildman–Crippen MR) is 81.9 cm³/mol. The number of rotatable bonds is 6. The van der Waals surface area contributed by atoms with Crippen molar-refractivity contribution in [2.45, 2.75) is 39.2 Å². The lowest BCUT2D eigenvalue weighted by Crippen LogP contribution is -2.56. The lowest BCUT2D eigenvalue weighted by molar-refractivity contribution is -0.139. The molecule has 0 radical (unpaired) electrons. The molecule has 1 aromatic carbocycles. The molecule has 0 aliphatic heterocycles. The van der Waals surface area contributed by atoms with Crippen molar-refractivity contribution in [2.75, 3.05) is 6.54 Å². The summed E-state index contributed by atoms with van der Waals surface area (Å²) in [6.07, 6.45) is 0. The van der Waals surface area contributed by atoms with Crippen molar-refractivity contribution in [3.05, 3.63) is 35.9 Å². The Morgan fingerprint density at radius 2 is 1.71 bits per heavy atom. The van der Waals surface area contributed by atoms with Crippen LogP contribution in [0.3, 0.4) is 0 Å². The first-order valence-corrected chi connectivity index (χ1v) is 6.92. The number of carbonyl (C=O) groups excluding carboxylic acids is 1. The van der Waals surface area contributed by atoms with Gasteiger partial charge in [-0.3, -0.25) is 9.59 Å². The maximum Gasteiger partial charge on any atom is 0.312 e. The summed E-state index contributed by atoms with van der Waals surface area (Å²) < 4.78 is 0. The number of nitrogens with two attached hydrogens (primary N) is 1. The van der Waals surface area contributed by atoms with E-state index in [2.05, 4.69) is 5.32 Å². The first-order chi connectivity index (χ1) is 9.57. The lowest BCUT2D eigenvalue weighted by atomic mass is 9.74. The fraction of sp³-hybridized carbons (Fsp3) is 0.500. The summed E-state index contributed by atoms with van der Waals surface area (Å²) in [6, 6.07) is 8.85. The van der Waals surface area contributed by atoms with Crippen LogP contribution in [0.25, 0.3) is 0 Å². The highest BCUT2D eigenvalue weighted by Gasteiger charge is 2.40. The van der Waals surface area contributed by atoms with Crippen molar-refractivity contribution in [3.63, 3.8) is 0 Å². The molecular weight excluding hydrogens is 268 g/mol. The highest BCUT2D eigenvalue weighted by Crippen LogP contribution is 2.28. The highest BCUT2D eigenvalue weighted by atomic mass is 16.4. The smallest absolute Gasteiger partial charge is 0.312 e. The molecule has 116 valence electrons. The summed E-state index contributed by atoms with van der Waals surface area (Å²) in [5.74, 6) is -1.99. The quantitative estimate of drug-likeness (QED) is 0.744. The Morgan fingerprint density at radius 1 is 1.19 bits per heavy atom. The molecule has 1 amide bonds. The van der Waals surface area contributed by atoms with Crippen molar-refractivity contribution in [3.8, 4) is 0 Å². The molecule has 5 heteroatoms. The average molecular weight is 292 g/mol. The van der Waals surface area contributed by atoms with E-state index in [1.54, 1.807) is 52.0 Å². The lowest BCUT2D eigenvalue weighted by Gasteiger charge is -2.37. The van der Waals surface area contributed by atoms with Crippen LogP contribution in [-0.2, 0) is 9.59 Å². The number of carboxylic acids is 1. The standard InChI is InChI=1S/C16H24N2O3/c1-15(2,16(3,4)17)14(21)18-10-12(13(19)20)11-8-6-5-7-9-11/h5-9,12H,10,17H2,1-4H3,(H,18,21)(H,19,20). The first kappa shape index (κ1) is 17.2. The summed E-state index contributed by atoms with van der Waals surface area (Å²) in [4.78, 5) is 23.7. The molecule has 0 heterocycles. The molecule has 0 bridgehead atoms. The number of carbonyl (C=O) groups is 2. The second-order valence-electron chi connectivity index (χ2n) is 6.36. The van der Waals surface area contributed by atoms with Crippen LogP contribution in [0, 0.1) is 5.41 Å². The van der Waals surface area contributed by atoms with Gasteiger partial charge < -0.3 is 16.2 Å². The Balaban J connectivity index is 2.80. The molecule has 1 atom stereocenters. The van der Waals surface area contributed by atoms with Crippen LogP contribution in [0.2, 0.25) is 0 Å². The molecule has 0 saturated heterocycles. The molecule has 0 saturated carbocycles. The first-order valence-electron chi connectivity index (χ1n) is 6.92. The summed E-state index contributed by atoms with van der Waals surface area (Å²) >= 11 is 0. The third-order valence-electron chi connectivity index (χ3n) is 4.15. The van der Waals surface area contributed by atoms with Gasteiger partial charge in [0.1, 0.15) is 0 Å². The minimum absolute atomic E-state index is 0.0394. The van der Waals surface area contributed by atoms with Crippen molar-refractivity contribution in [2.24, 2.45) is 11.1 Å². The van der Waals surface area contributed by atoms with Gasteiger partial charge in [-0.1, -0.05) is 30.3 Å². The van der Waals surface area contributed by atoms with E-state index in [0.717, 1.165) is 0 Å². The molecular formula is C16H24N2O3. The highest BCUT2D eigenvalue weighted by molar-refractivity contribution is 5.84. The fourth-order valence-electron chi connectivity index (χ4n) is 1.74. The van der Waals surface area contributed by atoms with E-state index in [1.807, 2.05) is 6.07 Å². The van der Waals surface area contributed by atoms with E-state index in [1.165, 1.54) is 0 Å². The summed E-state index contributed by atoms with van der Waals surface area (Å²) in [5.41, 5.74) is 5.17. The Bertz CT molecular complexity index is 504. The molecule has 0 aliphatic rings. The van der Waals surface area contributed by atoms with Crippen molar-refractivity contribution < 1.29 is 14.7 Å². The van der Waals surface area contributed by atoms with Gasteiger partial charge in [0.15, 0.2) is 0 Å². The van der Waals surface area contributed by atoms with Crippen LogP contribution in [0.15, 0.2) is 30.3 Å². The maximum atomic E-state index is 12.3. The fourth-order valence-corrected chi connectivity index (χ4v) is 1.74. The van der Waals surface area contributed by atoms with Gasteiger partial charge in [-0.05, 0) is 33.3 Å². The molecule has 0 aliphatic carbocycles. The number of amides is 1. The predicted octanol–water partition coefficient (Wildman–Crippen LogP) is 1.73. The largest absolute Gasteiger partial charge is 0.481 e. The zero-order valence-electron chi connectivity index (χ0n) is 13.0. The Morgan fingerprint density at radius 3 is 2.14 bits per heavy atom. The molecule has 0 aromatic heterocycles. The van der Waals surface area contributed by atoms with Crippen LogP contribution < -0.4 is 11.1 Å². The summed E-state index contributed by atoms with van der Waals surface area (Å²) in [5, 5.41) is 12.0. The monoisotopic (exact) mass is 292 g/mol. The van der Waals surface area contributed by atoms with Gasteiger partial charge in [-0.15, -0.1) is 0 Å². The van der Waals surface area contributed by atoms with Gasteiger partial charge in [0.25, 0.3) is 0 Å². The Hall–Kier alpha value is -1.88. The second kappa shape index (κ2) is 6.26. The van der Waals surface area contributed by atoms with E-state index in [4.69, 9.17) is 5.73 Å². The van der Waals surface area contributed by atoms with Crippen molar-refractivity contribution in [1.29, 1.82) is 0 Å². The van der Waals surface area contributed by atoms with E-state index in [-0.39, 0.29) is 12.5 Å². The van der Waals surface area contributed by atoms with Gasteiger partial charge in [0.2, 0.25) is 5.91 Å². The number of carboxylic acid groups (broad SMARTS) is 1. The second-order valence-corrected chi connectivity index (χ2v) is 6.36. The van der Waals surface area contributed by atoms with E-state index in [9.17, 15) is 14.7 Å². The zero-order valence-corrected chi connectivity index (χ0v) is 13.0. The number of hydrogen-bond acceptors (Lipinski definition) is 3. The van der Waals surface area contributed by atoms with Gasteiger partial charge in [0, 0.05) is 12.1 Å². The topological polar surface area (TPSA) is 92.4 Å². The number of aliphatic carboxylic acids is 1. The number of nitrogens with one attached hydrogen (secondary N) is 1. The van der Waals surface area contributed by atoms with Gasteiger partial charge in [-0.25, -0.2) is 0 Å². The van der Waals surface area contributed by atoms with Crippen LogP contribution in [0.5, 0.6) is 0 Å². The molecule has 21 heavy (non-hydrogen) atoms. The van der Waals surface area contributed by atoms with Crippen LogP contribution >= 0.6 is 0 Å². The molecule has 1 rings (SSSR count). The van der Waals surface area contributed by atoms with Gasteiger partial charge >= 0.3 is 5.97 Å². The van der Waals surface area contributed by atoms with E-state index < -0.39 is 22.8 Å². The summed E-state index contributed by atoms with van der Waals surface area (Å²) in [6.45, 7) is 7.09. The normalized spacial score (nSPS) is 13.6. The number of hydrogen-bond donors (Lipinski definition) is 3. The molecule has 1 unspecified atom stereocenters. The van der Waals surface area contributed by atoms with E-state index >= 15 is 0 Å². The maximum absolute atomic E-state index is 12.3. The third kappa shape index (κ3) is 4.04. The van der Waals surface area contributed by atoms with E-state index in [0.29, 0.717) is 5.56 Å². The van der Waals surface area contributed by atoms with Crippen molar-refractivity contribution in [1.82, 2.24) is 5.32 Å². The number of benzene rings is 1.